The summed E-state index contributed by atoms with van der Waals surface area (Å²) in [5.74, 6) is 0.645. The predicted molar refractivity (Wildman–Crippen MR) is 40.2 cm³/mol. The Morgan fingerprint density at radius 1 is 1.50 bits per heavy atom. The smallest absolute Gasteiger partial charge is 0.0835 e. The Kier molecular flexibility index (Phi) is 0.967. The molecule has 1 aromatic rings. The number of hydrogen-bond acceptors (Lipinski definition) is 1. The molecule has 0 unspecified atom stereocenters. The zero-order chi connectivity index (χ0) is 7.30. The average molecular weight is 136 g/mol. The summed E-state index contributed by atoms with van der Waals surface area (Å²) in [4.78, 5) is 0. The highest BCUT2D eigenvalue weighted by atomic mass is 15.4. The molecule has 0 fully saturated rings. The summed E-state index contributed by atoms with van der Waals surface area (Å²) in [6.07, 6.45) is 0. The van der Waals surface area contributed by atoms with Crippen LogP contribution in [0.2, 0.25) is 0 Å². The highest BCUT2D eigenvalue weighted by molar-refractivity contribution is 5.35. The Labute approximate surface area is 60.9 Å². The maximum Gasteiger partial charge on any atom is 0.0835 e. The quantitative estimate of drug-likeness (QED) is 0.583. The van der Waals surface area contributed by atoms with Crippen LogP contribution in [0.3, 0.4) is 0 Å². The first kappa shape index (κ1) is 5.96. The first-order chi connectivity index (χ1) is 4.70. The standard InChI is InChI=1S/C8H12N2/c1-5(2)8-6(3)9-10-4-7(8)10/h5H,4H2,1-3H3. The lowest BCUT2D eigenvalue weighted by Crippen LogP contribution is -1.91. The molecule has 0 N–H and O–H groups in total. The maximum absolute atomic E-state index is 4.34. The van der Waals surface area contributed by atoms with Crippen LogP contribution in [0.5, 0.6) is 0 Å². The SMILES string of the molecule is Cc1nn2c(c1C(C)C)C2. The van der Waals surface area contributed by atoms with Crippen molar-refractivity contribution in [2.24, 2.45) is 0 Å². The zero-order valence-corrected chi connectivity index (χ0v) is 6.68. The lowest BCUT2D eigenvalue weighted by atomic mass is 10.0. The minimum atomic E-state index is 0.645. The van der Waals surface area contributed by atoms with Crippen LogP contribution >= 0.6 is 0 Å². The third-order valence-electron chi connectivity index (χ3n) is 2.06. The fourth-order valence-corrected chi connectivity index (χ4v) is 1.62. The van der Waals surface area contributed by atoms with Crippen LogP contribution in [0, 0.1) is 6.92 Å². The molecule has 1 aliphatic heterocycles. The van der Waals surface area contributed by atoms with E-state index in [2.05, 4.69) is 30.6 Å². The third kappa shape index (κ3) is 0.618. The van der Waals surface area contributed by atoms with Crippen LogP contribution in [0.15, 0.2) is 0 Å². The fourth-order valence-electron chi connectivity index (χ4n) is 1.62. The van der Waals surface area contributed by atoms with E-state index in [0.29, 0.717) is 5.92 Å². The Balaban J connectivity index is 2.50. The van der Waals surface area contributed by atoms with Gasteiger partial charge in [0, 0.05) is 5.56 Å². The first-order valence-electron chi connectivity index (χ1n) is 3.76. The molecule has 54 valence electrons. The zero-order valence-electron chi connectivity index (χ0n) is 6.68. The van der Waals surface area contributed by atoms with E-state index in [4.69, 9.17) is 0 Å². The number of nitrogens with zero attached hydrogens (tertiary/aromatic N) is 2. The molecule has 2 heterocycles. The highest BCUT2D eigenvalue weighted by Crippen LogP contribution is 2.30. The summed E-state index contributed by atoms with van der Waals surface area (Å²) >= 11 is 0. The van der Waals surface area contributed by atoms with E-state index >= 15 is 0 Å². The molecule has 0 aliphatic carbocycles. The molecule has 0 amide bonds. The highest BCUT2D eigenvalue weighted by Gasteiger charge is 2.26. The van der Waals surface area contributed by atoms with Gasteiger partial charge in [-0.1, -0.05) is 13.8 Å². The van der Waals surface area contributed by atoms with E-state index in [0.717, 1.165) is 6.54 Å². The van der Waals surface area contributed by atoms with Gasteiger partial charge in [0.25, 0.3) is 0 Å². The van der Waals surface area contributed by atoms with Gasteiger partial charge >= 0.3 is 0 Å². The minimum absolute atomic E-state index is 0.645. The van der Waals surface area contributed by atoms with E-state index in [1.807, 2.05) is 0 Å². The van der Waals surface area contributed by atoms with Gasteiger partial charge < -0.3 is 0 Å². The van der Waals surface area contributed by atoms with E-state index in [1.165, 1.54) is 17.0 Å². The van der Waals surface area contributed by atoms with Gasteiger partial charge in [0.2, 0.25) is 0 Å². The third-order valence-corrected chi connectivity index (χ3v) is 2.06. The monoisotopic (exact) mass is 136 g/mol. The van der Waals surface area contributed by atoms with Crippen molar-refractivity contribution in [2.75, 3.05) is 0 Å². The van der Waals surface area contributed by atoms with Gasteiger partial charge in [0.05, 0.1) is 17.9 Å². The van der Waals surface area contributed by atoms with E-state index in [-0.39, 0.29) is 0 Å². The summed E-state index contributed by atoms with van der Waals surface area (Å²) in [6.45, 7) is 7.63. The van der Waals surface area contributed by atoms with Gasteiger partial charge in [-0.2, -0.15) is 5.10 Å². The van der Waals surface area contributed by atoms with Crippen molar-refractivity contribution in [3.05, 3.63) is 17.0 Å². The van der Waals surface area contributed by atoms with Crippen molar-refractivity contribution in [1.29, 1.82) is 0 Å². The van der Waals surface area contributed by atoms with Crippen LogP contribution in [-0.4, -0.2) is 9.78 Å². The summed E-state index contributed by atoms with van der Waals surface area (Å²) in [6, 6.07) is 0. The Morgan fingerprint density at radius 3 is 2.50 bits per heavy atom. The van der Waals surface area contributed by atoms with Crippen LogP contribution in [0.4, 0.5) is 0 Å². The second-order valence-electron chi connectivity index (χ2n) is 3.26. The second kappa shape index (κ2) is 1.62. The molecule has 2 rings (SSSR count). The Hall–Kier alpha value is -0.790. The molecule has 0 radical (unpaired) electrons. The number of aromatic nitrogens is 2. The lowest BCUT2D eigenvalue weighted by Gasteiger charge is -2.01. The molecule has 0 aromatic carbocycles. The molecule has 0 spiro atoms. The normalized spacial score (nSPS) is 14.0. The van der Waals surface area contributed by atoms with Crippen LogP contribution in [0.1, 0.15) is 36.7 Å². The van der Waals surface area contributed by atoms with Crippen LogP contribution < -0.4 is 0 Å². The molecule has 0 atom stereocenters. The molecule has 0 saturated carbocycles. The first-order valence-corrected chi connectivity index (χ1v) is 3.76. The van der Waals surface area contributed by atoms with Crippen molar-refractivity contribution in [3.8, 4) is 0 Å². The van der Waals surface area contributed by atoms with Gasteiger partial charge in [-0.25, -0.2) is 0 Å². The average Bonchev–Trinajstić information content (AvgIpc) is 2.42. The van der Waals surface area contributed by atoms with Gasteiger partial charge in [0.15, 0.2) is 0 Å². The van der Waals surface area contributed by atoms with E-state index in [1.54, 1.807) is 0 Å². The van der Waals surface area contributed by atoms with Crippen molar-refractivity contribution in [2.45, 2.75) is 33.2 Å². The molecular formula is C8H12N2. The lowest BCUT2D eigenvalue weighted by molar-refractivity contribution is 0.822. The van der Waals surface area contributed by atoms with Crippen LogP contribution in [-0.2, 0) is 6.54 Å². The summed E-state index contributed by atoms with van der Waals surface area (Å²) in [5, 5.41) is 4.34. The van der Waals surface area contributed by atoms with E-state index in [9.17, 15) is 0 Å². The molecule has 0 saturated heterocycles. The van der Waals surface area contributed by atoms with Gasteiger partial charge in [-0.05, 0) is 12.8 Å². The molecule has 1 aliphatic rings. The van der Waals surface area contributed by atoms with Crippen molar-refractivity contribution >= 4 is 0 Å². The maximum atomic E-state index is 4.34. The minimum Gasteiger partial charge on any atom is -0.261 e. The second-order valence-corrected chi connectivity index (χ2v) is 3.26. The van der Waals surface area contributed by atoms with Gasteiger partial charge in [-0.3, -0.25) is 4.68 Å². The predicted octanol–water partition coefficient (Wildman–Crippen LogP) is 1.68. The summed E-state index contributed by atoms with van der Waals surface area (Å²) in [7, 11) is 0. The van der Waals surface area contributed by atoms with Gasteiger partial charge in [-0.15, -0.1) is 0 Å². The van der Waals surface area contributed by atoms with E-state index < -0.39 is 0 Å². The molecule has 1 aromatic heterocycles. The number of rotatable bonds is 1. The Bertz CT molecular complexity index is 267. The van der Waals surface area contributed by atoms with Crippen molar-refractivity contribution < 1.29 is 0 Å². The number of aryl methyl sites for hydroxylation is 1. The fraction of sp³-hybridized carbons (Fsp3) is 0.625. The topological polar surface area (TPSA) is 17.8 Å². The summed E-state index contributed by atoms with van der Waals surface area (Å²) in [5.41, 5.74) is 4.14. The summed E-state index contributed by atoms with van der Waals surface area (Å²) < 4.78 is 2.07. The molecule has 10 heavy (non-hydrogen) atoms. The largest absolute Gasteiger partial charge is 0.261 e. The molecule has 2 nitrogen and oxygen atoms in total. The number of hydrogen-bond donors (Lipinski definition) is 0. The van der Waals surface area contributed by atoms with Crippen LogP contribution in [0.25, 0.3) is 0 Å². The van der Waals surface area contributed by atoms with Crippen molar-refractivity contribution in [1.82, 2.24) is 9.78 Å². The molecular weight excluding hydrogens is 124 g/mol. The van der Waals surface area contributed by atoms with Crippen molar-refractivity contribution in [3.63, 3.8) is 0 Å². The molecule has 0 bridgehead atoms. The Morgan fingerprint density at radius 2 is 2.20 bits per heavy atom. The number of fused-ring (bicyclic) bond motifs is 1. The molecule has 2 heteroatoms. The van der Waals surface area contributed by atoms with Gasteiger partial charge in [0.1, 0.15) is 0 Å².